The van der Waals surface area contributed by atoms with Crippen LogP contribution in [0, 0.1) is 0 Å². The quantitative estimate of drug-likeness (QED) is 0.718. The summed E-state index contributed by atoms with van der Waals surface area (Å²) in [6.45, 7) is 2.81. The highest BCUT2D eigenvalue weighted by molar-refractivity contribution is 6.02. The van der Waals surface area contributed by atoms with E-state index in [1.54, 1.807) is 12.1 Å². The number of nitrogens with one attached hydrogen (secondary N) is 2. The van der Waals surface area contributed by atoms with Crippen LogP contribution in [0.4, 0.5) is 11.5 Å². The van der Waals surface area contributed by atoms with Gasteiger partial charge in [-0.05, 0) is 41.8 Å². The molecule has 3 aromatic rings. The molecule has 2 aromatic carbocycles. The topological polar surface area (TPSA) is 66.9 Å². The molecule has 0 atom stereocenters. The summed E-state index contributed by atoms with van der Waals surface area (Å²) in [5.74, 6) is 0.365. The van der Waals surface area contributed by atoms with Crippen LogP contribution in [0.15, 0.2) is 66.7 Å². The van der Waals surface area contributed by atoms with Crippen molar-refractivity contribution in [3.8, 4) is 0 Å². The Morgan fingerprint density at radius 3 is 2.28 bits per heavy atom. The Morgan fingerprint density at radius 2 is 1.60 bits per heavy atom. The van der Waals surface area contributed by atoms with E-state index in [4.69, 9.17) is 0 Å². The van der Waals surface area contributed by atoms with E-state index in [0.29, 0.717) is 12.4 Å². The summed E-state index contributed by atoms with van der Waals surface area (Å²) >= 11 is 0. The average Bonchev–Trinajstić information content (AvgIpc) is 2.67. The standard InChI is InChI=1S/C20H20N4O/c1-2-15-8-6-7-9-16(15)14-21-19-13-12-18(23-24-19)20(25)22-17-10-4-3-5-11-17/h3-13H,2,14H2,1H3,(H,21,24)(H,22,25). The Morgan fingerprint density at radius 1 is 0.880 bits per heavy atom. The molecule has 25 heavy (non-hydrogen) atoms. The van der Waals surface area contributed by atoms with Gasteiger partial charge in [0.15, 0.2) is 5.69 Å². The lowest BCUT2D eigenvalue weighted by Crippen LogP contribution is -2.14. The molecule has 0 unspecified atom stereocenters. The van der Waals surface area contributed by atoms with Gasteiger partial charge in [0.2, 0.25) is 0 Å². The zero-order valence-corrected chi connectivity index (χ0v) is 14.1. The second-order valence-corrected chi connectivity index (χ2v) is 5.60. The molecule has 126 valence electrons. The largest absolute Gasteiger partial charge is 0.364 e. The summed E-state index contributed by atoms with van der Waals surface area (Å²) < 4.78 is 0. The van der Waals surface area contributed by atoms with E-state index >= 15 is 0 Å². The maximum atomic E-state index is 12.2. The van der Waals surface area contributed by atoms with E-state index in [9.17, 15) is 4.79 Å². The van der Waals surface area contributed by atoms with Crippen LogP contribution in [-0.2, 0) is 13.0 Å². The maximum Gasteiger partial charge on any atom is 0.276 e. The van der Waals surface area contributed by atoms with Crippen LogP contribution >= 0.6 is 0 Å². The number of para-hydroxylation sites is 1. The smallest absolute Gasteiger partial charge is 0.276 e. The molecule has 5 nitrogen and oxygen atoms in total. The maximum absolute atomic E-state index is 12.2. The summed E-state index contributed by atoms with van der Waals surface area (Å²) in [5.41, 5.74) is 3.55. The second-order valence-electron chi connectivity index (χ2n) is 5.60. The lowest BCUT2D eigenvalue weighted by molar-refractivity contribution is 0.102. The van der Waals surface area contributed by atoms with Crippen molar-refractivity contribution in [1.82, 2.24) is 10.2 Å². The Bertz CT molecular complexity index is 832. The van der Waals surface area contributed by atoms with Crippen molar-refractivity contribution in [2.75, 3.05) is 10.6 Å². The Labute approximate surface area is 147 Å². The highest BCUT2D eigenvalue weighted by atomic mass is 16.1. The van der Waals surface area contributed by atoms with Gasteiger partial charge in [0.25, 0.3) is 5.91 Å². The monoisotopic (exact) mass is 332 g/mol. The summed E-state index contributed by atoms with van der Waals surface area (Å²) in [7, 11) is 0. The minimum absolute atomic E-state index is 0.276. The van der Waals surface area contributed by atoms with E-state index in [2.05, 4.69) is 39.9 Å². The van der Waals surface area contributed by atoms with Gasteiger partial charge in [-0.15, -0.1) is 10.2 Å². The first kappa shape index (κ1) is 16.6. The Kier molecular flexibility index (Phi) is 5.36. The first-order valence-electron chi connectivity index (χ1n) is 8.27. The van der Waals surface area contributed by atoms with Crippen molar-refractivity contribution in [2.24, 2.45) is 0 Å². The number of amides is 1. The Hall–Kier alpha value is -3.21. The highest BCUT2D eigenvalue weighted by Gasteiger charge is 2.08. The minimum atomic E-state index is -0.276. The lowest BCUT2D eigenvalue weighted by atomic mass is 10.1. The van der Waals surface area contributed by atoms with Gasteiger partial charge in [0.1, 0.15) is 5.82 Å². The third-order valence-electron chi connectivity index (χ3n) is 3.89. The van der Waals surface area contributed by atoms with E-state index < -0.39 is 0 Å². The van der Waals surface area contributed by atoms with Crippen LogP contribution in [0.1, 0.15) is 28.5 Å². The van der Waals surface area contributed by atoms with Gasteiger partial charge in [-0.25, -0.2) is 0 Å². The molecule has 1 aromatic heterocycles. The van der Waals surface area contributed by atoms with Gasteiger partial charge < -0.3 is 10.6 Å². The van der Waals surface area contributed by atoms with E-state index in [0.717, 1.165) is 12.1 Å². The predicted octanol–water partition coefficient (Wildman–Crippen LogP) is 3.90. The molecule has 3 rings (SSSR count). The van der Waals surface area contributed by atoms with Crippen LogP contribution in [0.3, 0.4) is 0 Å². The van der Waals surface area contributed by atoms with Crippen molar-refractivity contribution >= 4 is 17.4 Å². The molecule has 1 heterocycles. The van der Waals surface area contributed by atoms with E-state index in [-0.39, 0.29) is 11.6 Å². The highest BCUT2D eigenvalue weighted by Crippen LogP contribution is 2.12. The number of hydrogen-bond acceptors (Lipinski definition) is 4. The normalized spacial score (nSPS) is 10.3. The molecule has 0 radical (unpaired) electrons. The van der Waals surface area contributed by atoms with Gasteiger partial charge >= 0.3 is 0 Å². The van der Waals surface area contributed by atoms with Crippen LogP contribution in [-0.4, -0.2) is 16.1 Å². The molecule has 0 fully saturated rings. The molecule has 0 aliphatic carbocycles. The molecule has 0 aliphatic heterocycles. The predicted molar refractivity (Wildman–Crippen MR) is 99.6 cm³/mol. The number of aromatic nitrogens is 2. The molecular weight excluding hydrogens is 312 g/mol. The number of nitrogens with zero attached hydrogens (tertiary/aromatic N) is 2. The third kappa shape index (κ3) is 4.41. The number of carbonyl (C=O) groups excluding carboxylic acids is 1. The van der Waals surface area contributed by atoms with Crippen LogP contribution in [0.25, 0.3) is 0 Å². The molecule has 5 heteroatoms. The molecule has 0 spiro atoms. The molecule has 2 N–H and O–H groups in total. The van der Waals surface area contributed by atoms with Crippen molar-refractivity contribution in [3.63, 3.8) is 0 Å². The molecule has 0 aliphatic rings. The van der Waals surface area contributed by atoms with Crippen molar-refractivity contribution < 1.29 is 4.79 Å². The van der Waals surface area contributed by atoms with Gasteiger partial charge in [0.05, 0.1) is 0 Å². The molecule has 0 saturated heterocycles. The fourth-order valence-electron chi connectivity index (χ4n) is 2.52. The number of anilines is 2. The zero-order chi connectivity index (χ0) is 17.5. The number of aryl methyl sites for hydroxylation is 1. The van der Waals surface area contributed by atoms with Gasteiger partial charge in [0, 0.05) is 12.2 Å². The first-order valence-corrected chi connectivity index (χ1v) is 8.27. The SMILES string of the molecule is CCc1ccccc1CNc1ccc(C(=O)Nc2ccccc2)nn1. The lowest BCUT2D eigenvalue weighted by Gasteiger charge is -2.09. The molecule has 1 amide bonds. The van der Waals surface area contributed by atoms with Gasteiger partial charge in [-0.3, -0.25) is 4.79 Å². The Balaban J connectivity index is 1.61. The van der Waals surface area contributed by atoms with Gasteiger partial charge in [-0.2, -0.15) is 0 Å². The number of carbonyl (C=O) groups is 1. The van der Waals surface area contributed by atoms with Crippen molar-refractivity contribution in [1.29, 1.82) is 0 Å². The first-order chi connectivity index (χ1) is 12.3. The fraction of sp³-hybridized carbons (Fsp3) is 0.150. The molecular formula is C20H20N4O. The third-order valence-corrected chi connectivity index (χ3v) is 3.89. The number of benzene rings is 2. The minimum Gasteiger partial charge on any atom is -0.364 e. The van der Waals surface area contributed by atoms with Crippen molar-refractivity contribution in [2.45, 2.75) is 19.9 Å². The summed E-state index contributed by atoms with van der Waals surface area (Å²) in [6, 6.07) is 21.0. The van der Waals surface area contributed by atoms with Crippen molar-refractivity contribution in [3.05, 3.63) is 83.6 Å². The number of hydrogen-bond donors (Lipinski definition) is 2. The summed E-state index contributed by atoms with van der Waals surface area (Å²) in [6.07, 6.45) is 0.988. The van der Waals surface area contributed by atoms with E-state index in [1.165, 1.54) is 11.1 Å². The molecule has 0 bridgehead atoms. The van der Waals surface area contributed by atoms with Crippen LogP contribution < -0.4 is 10.6 Å². The molecule has 0 saturated carbocycles. The zero-order valence-electron chi connectivity index (χ0n) is 14.1. The van der Waals surface area contributed by atoms with Gasteiger partial charge in [-0.1, -0.05) is 49.4 Å². The van der Waals surface area contributed by atoms with Crippen LogP contribution in [0.2, 0.25) is 0 Å². The number of rotatable bonds is 6. The van der Waals surface area contributed by atoms with E-state index in [1.807, 2.05) is 42.5 Å². The summed E-state index contributed by atoms with van der Waals surface area (Å²) in [5, 5.41) is 14.1. The summed E-state index contributed by atoms with van der Waals surface area (Å²) in [4.78, 5) is 12.2. The second kappa shape index (κ2) is 8.06. The average molecular weight is 332 g/mol. The van der Waals surface area contributed by atoms with Crippen LogP contribution in [0.5, 0.6) is 0 Å². The fourth-order valence-corrected chi connectivity index (χ4v) is 2.52.